The maximum atomic E-state index is 14.1. The Morgan fingerprint density at radius 3 is 2.65 bits per heavy atom. The number of hydrogen-bond acceptors (Lipinski definition) is 7. The van der Waals surface area contributed by atoms with E-state index in [4.69, 9.17) is 36.9 Å². The number of fused-ring (bicyclic) bond motifs is 1. The molecule has 3 fully saturated rings. The van der Waals surface area contributed by atoms with Crippen LogP contribution < -0.4 is 4.90 Å². The Labute approximate surface area is 239 Å². The van der Waals surface area contributed by atoms with E-state index in [0.29, 0.717) is 63.9 Å². The monoisotopic (exact) mass is 585 g/mol. The molecule has 2 aliphatic carbocycles. The molecule has 2 aromatic heterocycles. The molecule has 0 radical (unpaired) electrons. The first kappa shape index (κ1) is 25.8. The topological polar surface area (TPSA) is 102 Å². The summed E-state index contributed by atoms with van der Waals surface area (Å²) in [5.41, 5.74) is 3.10. The molecule has 3 aliphatic rings. The van der Waals surface area contributed by atoms with Gasteiger partial charge in [0.2, 0.25) is 0 Å². The number of halogens is 3. The van der Waals surface area contributed by atoms with Gasteiger partial charge in [0.1, 0.15) is 23.6 Å². The van der Waals surface area contributed by atoms with E-state index in [0.717, 1.165) is 37.0 Å². The van der Waals surface area contributed by atoms with E-state index in [1.807, 2.05) is 4.90 Å². The third kappa shape index (κ3) is 4.44. The first-order chi connectivity index (χ1) is 19.3. The number of nitrogens with zero attached hydrogens (tertiary/aromatic N) is 3. The van der Waals surface area contributed by atoms with Gasteiger partial charge in [0.05, 0.1) is 34.4 Å². The fraction of sp³-hybridized carbons (Fsp3) is 0.414. The molecular formula is C29H26Cl2FN3O5. The van der Waals surface area contributed by atoms with E-state index < -0.39 is 12.6 Å². The average molecular weight is 586 g/mol. The summed E-state index contributed by atoms with van der Waals surface area (Å²) in [6.45, 7) is 0.404. The molecule has 8 nitrogen and oxygen atoms in total. The van der Waals surface area contributed by atoms with Crippen molar-refractivity contribution in [1.29, 1.82) is 0 Å². The van der Waals surface area contributed by atoms with Crippen molar-refractivity contribution in [3.05, 3.63) is 63.3 Å². The molecule has 3 heterocycles. The lowest BCUT2D eigenvalue weighted by Crippen LogP contribution is -2.44. The molecule has 2 aromatic carbocycles. The van der Waals surface area contributed by atoms with Crippen LogP contribution >= 0.6 is 23.2 Å². The summed E-state index contributed by atoms with van der Waals surface area (Å²) in [5.74, 6) is 0.136. The van der Waals surface area contributed by atoms with E-state index in [-0.39, 0.29) is 23.1 Å². The predicted octanol–water partition coefficient (Wildman–Crippen LogP) is 7.28. The third-order valence-corrected chi connectivity index (χ3v) is 9.04. The fourth-order valence-electron chi connectivity index (χ4n) is 6.26. The Morgan fingerprint density at radius 2 is 1.95 bits per heavy atom. The molecule has 208 valence electrons. The molecule has 0 bridgehead atoms. The standard InChI is InChI=1S/C29H26Cl2FN3O5/c30-20-2-1-3-21(31)24(20)25-19(26(40-34-25)15-4-5-15)13-38-18-10-29(11-18)9-17(12-32)35(14-29)28-33-22-7-6-16(27(36)37)8-23(22)39-28/h1-3,6-8,15,17-18H,4-5,9-14H2,(H,36,37). The molecule has 40 heavy (non-hydrogen) atoms. The average Bonchev–Trinajstić information content (AvgIpc) is 3.36. The smallest absolute Gasteiger partial charge is 0.335 e. The lowest BCUT2D eigenvalue weighted by molar-refractivity contribution is -0.0809. The van der Waals surface area contributed by atoms with Crippen molar-refractivity contribution >= 4 is 46.3 Å². The van der Waals surface area contributed by atoms with Crippen LogP contribution in [0.3, 0.4) is 0 Å². The minimum absolute atomic E-state index is 0.0125. The minimum Gasteiger partial charge on any atom is -0.478 e. The molecule has 11 heteroatoms. The van der Waals surface area contributed by atoms with Crippen LogP contribution in [-0.2, 0) is 11.3 Å². The second-order valence-corrected chi connectivity index (χ2v) is 12.0. The van der Waals surface area contributed by atoms with E-state index in [9.17, 15) is 14.3 Å². The van der Waals surface area contributed by atoms with Crippen LogP contribution in [0, 0.1) is 5.41 Å². The number of benzene rings is 2. The summed E-state index contributed by atoms with van der Waals surface area (Å²) in [6.07, 6.45) is 4.37. The van der Waals surface area contributed by atoms with Gasteiger partial charge in [0, 0.05) is 23.6 Å². The maximum absolute atomic E-state index is 14.1. The molecule has 1 spiro atoms. The van der Waals surface area contributed by atoms with Gasteiger partial charge in [0.25, 0.3) is 6.01 Å². The molecule has 1 unspecified atom stereocenters. The van der Waals surface area contributed by atoms with Crippen molar-refractivity contribution in [2.24, 2.45) is 5.41 Å². The van der Waals surface area contributed by atoms with Gasteiger partial charge in [-0.15, -0.1) is 0 Å². The van der Waals surface area contributed by atoms with Gasteiger partial charge in [-0.05, 0) is 67.9 Å². The van der Waals surface area contributed by atoms with Crippen LogP contribution in [0.5, 0.6) is 0 Å². The summed E-state index contributed by atoms with van der Waals surface area (Å²) in [6, 6.07) is 9.86. The highest BCUT2D eigenvalue weighted by Gasteiger charge is 2.53. The summed E-state index contributed by atoms with van der Waals surface area (Å²) in [5, 5.41) is 14.6. The number of carboxylic acids is 1. The molecule has 7 rings (SSSR count). The molecule has 2 saturated carbocycles. The van der Waals surface area contributed by atoms with Crippen molar-refractivity contribution in [3.63, 3.8) is 0 Å². The number of carboxylic acid groups (broad SMARTS) is 1. The number of carbonyl (C=O) groups is 1. The Morgan fingerprint density at radius 1 is 1.18 bits per heavy atom. The molecule has 1 saturated heterocycles. The van der Waals surface area contributed by atoms with Gasteiger partial charge in [-0.1, -0.05) is 34.4 Å². The SMILES string of the molecule is O=C(O)c1ccc2nc(N3CC4(CC(OCc5c(-c6c(Cl)cccc6Cl)noc5C5CC5)C4)CC3CF)oc2c1. The van der Waals surface area contributed by atoms with Crippen LogP contribution in [0.2, 0.25) is 10.0 Å². The lowest BCUT2D eigenvalue weighted by Gasteiger charge is -2.44. The first-order valence-electron chi connectivity index (χ1n) is 13.3. The zero-order valence-electron chi connectivity index (χ0n) is 21.4. The first-order valence-corrected chi connectivity index (χ1v) is 14.1. The van der Waals surface area contributed by atoms with Gasteiger partial charge >= 0.3 is 5.97 Å². The van der Waals surface area contributed by atoms with Crippen LogP contribution in [0.4, 0.5) is 10.4 Å². The van der Waals surface area contributed by atoms with E-state index in [1.54, 1.807) is 24.3 Å². The number of ether oxygens (including phenoxy) is 1. The van der Waals surface area contributed by atoms with Crippen molar-refractivity contribution in [1.82, 2.24) is 10.1 Å². The highest BCUT2D eigenvalue weighted by atomic mass is 35.5. The Kier molecular flexibility index (Phi) is 6.29. The number of rotatable bonds is 8. The van der Waals surface area contributed by atoms with Crippen molar-refractivity contribution in [2.45, 2.75) is 56.8 Å². The molecular weight excluding hydrogens is 560 g/mol. The lowest BCUT2D eigenvalue weighted by atomic mass is 9.65. The predicted molar refractivity (Wildman–Crippen MR) is 147 cm³/mol. The van der Waals surface area contributed by atoms with E-state index >= 15 is 0 Å². The second kappa shape index (κ2) is 9.75. The van der Waals surface area contributed by atoms with Crippen LogP contribution in [0.25, 0.3) is 22.4 Å². The van der Waals surface area contributed by atoms with Gasteiger partial charge in [0.15, 0.2) is 5.58 Å². The molecule has 1 aliphatic heterocycles. The highest BCUT2D eigenvalue weighted by molar-refractivity contribution is 6.39. The number of hydrogen-bond donors (Lipinski definition) is 1. The molecule has 4 aromatic rings. The number of oxazole rings is 1. The van der Waals surface area contributed by atoms with Crippen LogP contribution in [0.1, 0.15) is 59.7 Å². The minimum atomic E-state index is -1.04. The van der Waals surface area contributed by atoms with Crippen LogP contribution in [-0.4, -0.2) is 46.6 Å². The molecule has 1 N–H and O–H groups in total. The highest BCUT2D eigenvalue weighted by Crippen LogP contribution is 2.53. The quantitative estimate of drug-likeness (QED) is 0.230. The maximum Gasteiger partial charge on any atom is 0.335 e. The van der Waals surface area contributed by atoms with E-state index in [1.165, 1.54) is 12.1 Å². The van der Waals surface area contributed by atoms with Gasteiger partial charge in [-0.3, -0.25) is 0 Å². The van der Waals surface area contributed by atoms with Crippen molar-refractivity contribution in [3.8, 4) is 11.3 Å². The van der Waals surface area contributed by atoms with Gasteiger partial charge in [-0.25, -0.2) is 9.18 Å². The number of anilines is 1. The number of aromatic carboxylic acids is 1. The second-order valence-electron chi connectivity index (χ2n) is 11.2. The van der Waals surface area contributed by atoms with Crippen LogP contribution in [0.15, 0.2) is 45.3 Å². The van der Waals surface area contributed by atoms with Gasteiger partial charge < -0.3 is 23.7 Å². The van der Waals surface area contributed by atoms with Gasteiger partial charge in [-0.2, -0.15) is 4.98 Å². The Bertz CT molecular complexity index is 1590. The number of alkyl halides is 1. The number of aromatic nitrogens is 2. The largest absolute Gasteiger partial charge is 0.478 e. The Balaban J connectivity index is 1.06. The summed E-state index contributed by atoms with van der Waals surface area (Å²) < 4.78 is 32.1. The molecule has 0 amide bonds. The Hall–Kier alpha value is -3.14. The normalized spacial score (nSPS) is 24.2. The molecule has 1 atom stereocenters. The summed E-state index contributed by atoms with van der Waals surface area (Å²) in [7, 11) is 0. The zero-order chi connectivity index (χ0) is 27.6. The van der Waals surface area contributed by atoms with Crippen molar-refractivity contribution < 1.29 is 28.0 Å². The summed E-state index contributed by atoms with van der Waals surface area (Å²) >= 11 is 13.0. The third-order valence-electron chi connectivity index (χ3n) is 8.41. The zero-order valence-corrected chi connectivity index (χ0v) is 22.9. The summed E-state index contributed by atoms with van der Waals surface area (Å²) in [4.78, 5) is 17.7. The van der Waals surface area contributed by atoms with E-state index in [2.05, 4.69) is 10.1 Å². The fourth-order valence-corrected chi connectivity index (χ4v) is 6.84. The van der Waals surface area contributed by atoms with Crippen molar-refractivity contribution in [2.75, 3.05) is 18.1 Å².